The minimum absolute atomic E-state index is 0.552. The van der Waals surface area contributed by atoms with Crippen molar-refractivity contribution in [3.8, 4) is 39.9 Å². The van der Waals surface area contributed by atoms with Crippen LogP contribution in [0.4, 0.5) is 0 Å². The largest absolute Gasteiger partial charge is 0.455 e. The van der Waals surface area contributed by atoms with Gasteiger partial charge in [0.2, 0.25) is 5.95 Å². The molecular formula is C47H28N4O. The van der Waals surface area contributed by atoms with Gasteiger partial charge in [0, 0.05) is 43.8 Å². The summed E-state index contributed by atoms with van der Waals surface area (Å²) in [6, 6.07) is 59.2. The van der Waals surface area contributed by atoms with E-state index in [2.05, 4.69) is 144 Å². The predicted molar refractivity (Wildman–Crippen MR) is 213 cm³/mol. The summed E-state index contributed by atoms with van der Waals surface area (Å²) in [6.07, 6.45) is 0. The Morgan fingerprint density at radius 3 is 1.87 bits per heavy atom. The second-order valence-electron chi connectivity index (χ2n) is 13.2. The van der Waals surface area contributed by atoms with E-state index in [-0.39, 0.29) is 0 Å². The van der Waals surface area contributed by atoms with Crippen LogP contribution in [0.25, 0.3) is 105 Å². The van der Waals surface area contributed by atoms with Gasteiger partial charge in [0.25, 0.3) is 0 Å². The van der Waals surface area contributed by atoms with Gasteiger partial charge >= 0.3 is 0 Å². The molecule has 0 amide bonds. The lowest BCUT2D eigenvalue weighted by molar-refractivity contribution is 0.670. The Morgan fingerprint density at radius 2 is 1.04 bits per heavy atom. The Kier molecular flexibility index (Phi) is 6.18. The molecule has 0 unspecified atom stereocenters. The van der Waals surface area contributed by atoms with E-state index in [1.54, 1.807) is 0 Å². The molecule has 0 bridgehead atoms. The number of benzene rings is 8. The molecule has 11 aromatic rings. The Labute approximate surface area is 298 Å². The molecule has 0 spiro atoms. The fraction of sp³-hybridized carbons (Fsp3) is 0. The molecule has 0 aliphatic rings. The standard InChI is InChI=1S/C47H28N4O/c1-2-13-30(14-3-1)45-48-46(34-25-24-29-12-4-5-15-31(29)26-34)50-47(49-45)51-41-28-33-17-7-6-16-32(33)27-40(41)37-20-10-19-36(43(37)51)39-22-11-21-38-35-18-8-9-23-42(35)52-44(38)39/h1-28H. The summed E-state index contributed by atoms with van der Waals surface area (Å²) in [5.41, 5.74) is 7.66. The van der Waals surface area contributed by atoms with Crippen molar-refractivity contribution in [1.29, 1.82) is 0 Å². The van der Waals surface area contributed by atoms with Gasteiger partial charge in [0.05, 0.1) is 11.0 Å². The van der Waals surface area contributed by atoms with Gasteiger partial charge in [-0.1, -0.05) is 146 Å². The zero-order valence-electron chi connectivity index (χ0n) is 27.9. The van der Waals surface area contributed by atoms with Gasteiger partial charge in [0.15, 0.2) is 11.6 Å². The molecule has 11 rings (SSSR count). The van der Waals surface area contributed by atoms with Gasteiger partial charge in [-0.05, 0) is 45.8 Å². The quantitative estimate of drug-likeness (QED) is 0.188. The number of rotatable bonds is 4. The lowest BCUT2D eigenvalue weighted by Gasteiger charge is -2.13. The van der Waals surface area contributed by atoms with Gasteiger partial charge in [-0.2, -0.15) is 9.97 Å². The molecule has 3 heterocycles. The van der Waals surface area contributed by atoms with Crippen molar-refractivity contribution in [3.05, 3.63) is 170 Å². The number of hydrogen-bond donors (Lipinski definition) is 0. The average Bonchev–Trinajstić information content (AvgIpc) is 3.75. The van der Waals surface area contributed by atoms with Crippen LogP contribution >= 0.6 is 0 Å². The number of nitrogens with zero attached hydrogens (tertiary/aromatic N) is 4. The lowest BCUT2D eigenvalue weighted by Crippen LogP contribution is -2.07. The fourth-order valence-corrected chi connectivity index (χ4v) is 7.77. The predicted octanol–water partition coefficient (Wildman–Crippen LogP) is 12.2. The molecule has 0 atom stereocenters. The molecule has 0 aliphatic heterocycles. The molecule has 5 heteroatoms. The van der Waals surface area contributed by atoms with Gasteiger partial charge in [-0.25, -0.2) is 4.98 Å². The number of para-hydroxylation sites is 3. The van der Waals surface area contributed by atoms with Gasteiger partial charge < -0.3 is 4.42 Å². The summed E-state index contributed by atoms with van der Waals surface area (Å²) < 4.78 is 8.84. The Hall–Kier alpha value is -7.11. The maximum atomic E-state index is 6.61. The van der Waals surface area contributed by atoms with Crippen molar-refractivity contribution >= 4 is 65.3 Å². The summed E-state index contributed by atoms with van der Waals surface area (Å²) in [5, 5.41) is 9.05. The van der Waals surface area contributed by atoms with Crippen LogP contribution in [0.15, 0.2) is 174 Å². The number of aromatic nitrogens is 4. The first-order chi connectivity index (χ1) is 25.8. The summed E-state index contributed by atoms with van der Waals surface area (Å²) >= 11 is 0. The highest BCUT2D eigenvalue weighted by Crippen LogP contribution is 2.43. The Morgan fingerprint density at radius 1 is 0.404 bits per heavy atom. The normalized spacial score (nSPS) is 11.8. The maximum Gasteiger partial charge on any atom is 0.238 e. The Bertz CT molecular complexity index is 3190. The van der Waals surface area contributed by atoms with Crippen LogP contribution in [0.1, 0.15) is 0 Å². The minimum atomic E-state index is 0.552. The smallest absolute Gasteiger partial charge is 0.238 e. The molecule has 8 aromatic carbocycles. The molecule has 0 saturated carbocycles. The number of hydrogen-bond acceptors (Lipinski definition) is 4. The van der Waals surface area contributed by atoms with E-state index in [9.17, 15) is 0 Å². The average molecular weight is 665 g/mol. The summed E-state index contributed by atoms with van der Waals surface area (Å²) in [5.74, 6) is 1.78. The molecule has 0 N–H and O–H groups in total. The SMILES string of the molecule is c1ccc(-c2nc(-c3ccc4ccccc4c3)nc(-n3c4cc5ccccc5cc4c4cccc(-c5cccc6c5oc5ccccc56)c43)n2)cc1. The topological polar surface area (TPSA) is 56.7 Å². The third kappa shape index (κ3) is 4.39. The van der Waals surface area contributed by atoms with Crippen LogP contribution in [0, 0.1) is 0 Å². The monoisotopic (exact) mass is 664 g/mol. The molecule has 52 heavy (non-hydrogen) atoms. The van der Waals surface area contributed by atoms with E-state index in [1.165, 1.54) is 10.8 Å². The summed E-state index contributed by atoms with van der Waals surface area (Å²) in [7, 11) is 0. The van der Waals surface area contributed by atoms with Crippen LogP contribution < -0.4 is 0 Å². The first kappa shape index (κ1) is 28.7. The molecule has 0 saturated heterocycles. The van der Waals surface area contributed by atoms with E-state index in [0.717, 1.165) is 76.8 Å². The lowest BCUT2D eigenvalue weighted by atomic mass is 9.99. The first-order valence-electron chi connectivity index (χ1n) is 17.4. The van der Waals surface area contributed by atoms with Crippen molar-refractivity contribution in [2.45, 2.75) is 0 Å². The second kappa shape index (κ2) is 11.2. The number of furan rings is 1. The molecule has 0 aliphatic carbocycles. The van der Waals surface area contributed by atoms with Gasteiger partial charge in [-0.3, -0.25) is 4.57 Å². The van der Waals surface area contributed by atoms with Crippen LogP contribution in [-0.2, 0) is 0 Å². The van der Waals surface area contributed by atoms with Gasteiger partial charge in [-0.15, -0.1) is 0 Å². The maximum absolute atomic E-state index is 6.61. The molecular weight excluding hydrogens is 637 g/mol. The highest BCUT2D eigenvalue weighted by molar-refractivity contribution is 6.19. The highest BCUT2D eigenvalue weighted by atomic mass is 16.3. The molecule has 0 fully saturated rings. The van der Waals surface area contributed by atoms with E-state index >= 15 is 0 Å². The third-order valence-corrected chi connectivity index (χ3v) is 10.2. The van der Waals surface area contributed by atoms with Crippen LogP contribution in [0.2, 0.25) is 0 Å². The van der Waals surface area contributed by atoms with Crippen LogP contribution in [-0.4, -0.2) is 19.5 Å². The van der Waals surface area contributed by atoms with E-state index in [0.29, 0.717) is 17.6 Å². The molecule has 0 radical (unpaired) electrons. The van der Waals surface area contributed by atoms with E-state index in [1.807, 2.05) is 30.3 Å². The van der Waals surface area contributed by atoms with Crippen molar-refractivity contribution in [3.63, 3.8) is 0 Å². The zero-order valence-corrected chi connectivity index (χ0v) is 27.9. The second-order valence-corrected chi connectivity index (χ2v) is 13.2. The summed E-state index contributed by atoms with van der Waals surface area (Å²) in [6.45, 7) is 0. The molecule has 5 nitrogen and oxygen atoms in total. The molecule has 242 valence electrons. The fourth-order valence-electron chi connectivity index (χ4n) is 7.77. The molecule has 3 aromatic heterocycles. The number of fused-ring (bicyclic) bond motifs is 8. The Balaban J connectivity index is 1.27. The van der Waals surface area contributed by atoms with Crippen molar-refractivity contribution in [2.75, 3.05) is 0 Å². The minimum Gasteiger partial charge on any atom is -0.455 e. The van der Waals surface area contributed by atoms with Crippen molar-refractivity contribution < 1.29 is 4.42 Å². The first-order valence-corrected chi connectivity index (χ1v) is 17.4. The van der Waals surface area contributed by atoms with Crippen LogP contribution in [0.5, 0.6) is 0 Å². The van der Waals surface area contributed by atoms with E-state index in [4.69, 9.17) is 19.4 Å². The van der Waals surface area contributed by atoms with Crippen molar-refractivity contribution in [2.24, 2.45) is 0 Å². The summed E-state index contributed by atoms with van der Waals surface area (Å²) in [4.78, 5) is 15.7. The van der Waals surface area contributed by atoms with Crippen LogP contribution in [0.3, 0.4) is 0 Å². The zero-order chi connectivity index (χ0) is 34.2. The van der Waals surface area contributed by atoms with Gasteiger partial charge in [0.1, 0.15) is 11.2 Å². The highest BCUT2D eigenvalue weighted by Gasteiger charge is 2.23. The third-order valence-electron chi connectivity index (χ3n) is 10.2. The van der Waals surface area contributed by atoms with E-state index < -0.39 is 0 Å². The van der Waals surface area contributed by atoms with Crippen molar-refractivity contribution in [1.82, 2.24) is 19.5 Å².